The monoisotopic (exact) mass is 303 g/mol. The first-order valence-corrected chi connectivity index (χ1v) is 8.24. The minimum Gasteiger partial charge on any atom is -0.508 e. The molecule has 0 bridgehead atoms. The Labute approximate surface area is 132 Å². The first kappa shape index (κ1) is 15.3. The van der Waals surface area contributed by atoms with Gasteiger partial charge in [-0.15, -0.1) is 0 Å². The van der Waals surface area contributed by atoms with Crippen LogP contribution in [0.25, 0.3) is 0 Å². The molecule has 4 nitrogen and oxygen atoms in total. The molecular formula is C18H25NO3. The molecular weight excluding hydrogens is 278 g/mol. The van der Waals surface area contributed by atoms with Crippen LogP contribution in [0, 0.1) is 5.41 Å². The second-order valence-corrected chi connectivity index (χ2v) is 6.88. The number of likely N-dealkylation sites (tertiary alicyclic amines) is 1. The van der Waals surface area contributed by atoms with E-state index >= 15 is 0 Å². The van der Waals surface area contributed by atoms with Gasteiger partial charge in [-0.25, -0.2) is 0 Å². The summed E-state index contributed by atoms with van der Waals surface area (Å²) in [5.74, 6) is 0.491. The average Bonchev–Trinajstić information content (AvgIpc) is 2.86. The highest BCUT2D eigenvalue weighted by Gasteiger charge is 2.41. The van der Waals surface area contributed by atoms with Gasteiger partial charge in [0.1, 0.15) is 5.75 Å². The van der Waals surface area contributed by atoms with E-state index in [1.165, 1.54) is 0 Å². The number of carbonyl (C=O) groups is 1. The van der Waals surface area contributed by atoms with E-state index in [1.54, 1.807) is 12.1 Å². The fraction of sp³-hybridized carbons (Fsp3) is 0.611. The van der Waals surface area contributed by atoms with Crippen molar-refractivity contribution in [3.8, 4) is 5.75 Å². The second kappa shape index (κ2) is 6.29. The van der Waals surface area contributed by atoms with Gasteiger partial charge in [0.15, 0.2) is 0 Å². The van der Waals surface area contributed by atoms with E-state index in [4.69, 9.17) is 4.74 Å². The molecule has 1 amide bonds. The number of rotatable bonds is 3. The molecule has 3 rings (SSSR count). The largest absolute Gasteiger partial charge is 0.508 e. The number of phenolic OH excluding ortho intramolecular Hbond substituents is 1. The van der Waals surface area contributed by atoms with Gasteiger partial charge < -0.3 is 14.7 Å². The normalized spacial score (nSPS) is 23.9. The molecule has 1 unspecified atom stereocenters. The van der Waals surface area contributed by atoms with E-state index in [1.807, 2.05) is 17.0 Å². The molecule has 1 aromatic carbocycles. The fourth-order valence-electron chi connectivity index (χ4n) is 3.75. The van der Waals surface area contributed by atoms with Crippen LogP contribution in [0.4, 0.5) is 0 Å². The number of ether oxygens (including phenoxy) is 1. The first-order chi connectivity index (χ1) is 10.6. The number of carbonyl (C=O) groups excluding carboxylic acids is 1. The summed E-state index contributed by atoms with van der Waals surface area (Å²) in [6.07, 6.45) is 4.84. The van der Waals surface area contributed by atoms with E-state index in [0.717, 1.165) is 44.5 Å². The van der Waals surface area contributed by atoms with E-state index < -0.39 is 0 Å². The molecule has 120 valence electrons. The van der Waals surface area contributed by atoms with Crippen molar-refractivity contribution in [3.05, 3.63) is 29.8 Å². The molecule has 0 aliphatic carbocycles. The van der Waals surface area contributed by atoms with Crippen LogP contribution >= 0.6 is 0 Å². The molecule has 0 radical (unpaired) electrons. The Morgan fingerprint density at radius 1 is 1.41 bits per heavy atom. The summed E-state index contributed by atoms with van der Waals surface area (Å²) < 4.78 is 5.73. The maximum atomic E-state index is 12.4. The van der Waals surface area contributed by atoms with Gasteiger partial charge in [0.25, 0.3) is 0 Å². The number of nitrogens with zero attached hydrogens (tertiary/aromatic N) is 1. The van der Waals surface area contributed by atoms with Crippen molar-refractivity contribution in [1.82, 2.24) is 4.90 Å². The molecule has 1 N–H and O–H groups in total. The number of amides is 1. The number of benzene rings is 1. The summed E-state index contributed by atoms with van der Waals surface area (Å²) in [4.78, 5) is 14.4. The number of aromatic hydroxyl groups is 1. The van der Waals surface area contributed by atoms with Gasteiger partial charge in [0, 0.05) is 19.5 Å². The minimum absolute atomic E-state index is 0.227. The number of hydrogen-bond donors (Lipinski definition) is 1. The van der Waals surface area contributed by atoms with Crippen LogP contribution < -0.4 is 0 Å². The third-order valence-electron chi connectivity index (χ3n) is 5.11. The molecule has 2 aliphatic heterocycles. The molecule has 1 spiro atoms. The van der Waals surface area contributed by atoms with Crippen molar-refractivity contribution in [2.75, 3.05) is 19.7 Å². The lowest BCUT2D eigenvalue weighted by atomic mass is 9.77. The Bertz CT molecular complexity index is 535. The van der Waals surface area contributed by atoms with Crippen LogP contribution in [0.2, 0.25) is 0 Å². The van der Waals surface area contributed by atoms with Gasteiger partial charge in [-0.2, -0.15) is 0 Å². The van der Waals surface area contributed by atoms with Gasteiger partial charge in [-0.1, -0.05) is 12.1 Å². The zero-order chi connectivity index (χ0) is 15.6. The highest BCUT2D eigenvalue weighted by Crippen LogP contribution is 2.41. The Morgan fingerprint density at radius 3 is 2.82 bits per heavy atom. The van der Waals surface area contributed by atoms with Crippen LogP contribution in [0.3, 0.4) is 0 Å². The van der Waals surface area contributed by atoms with E-state index in [2.05, 4.69) is 6.92 Å². The lowest BCUT2D eigenvalue weighted by molar-refractivity contribution is -0.133. The molecule has 22 heavy (non-hydrogen) atoms. The summed E-state index contributed by atoms with van der Waals surface area (Å²) in [6, 6.07) is 7.16. The van der Waals surface area contributed by atoms with Crippen molar-refractivity contribution in [3.63, 3.8) is 0 Å². The van der Waals surface area contributed by atoms with Crippen LogP contribution in [0.1, 0.15) is 38.2 Å². The Kier molecular flexibility index (Phi) is 4.39. The Morgan fingerprint density at radius 2 is 2.18 bits per heavy atom. The third-order valence-corrected chi connectivity index (χ3v) is 5.11. The predicted molar refractivity (Wildman–Crippen MR) is 84.7 cm³/mol. The van der Waals surface area contributed by atoms with Gasteiger partial charge in [0.2, 0.25) is 5.91 Å². The van der Waals surface area contributed by atoms with Gasteiger partial charge >= 0.3 is 0 Å². The predicted octanol–water partition coefficient (Wildman–Crippen LogP) is 2.74. The lowest BCUT2D eigenvalue weighted by Gasteiger charge is -2.38. The molecule has 4 heteroatoms. The smallest absolute Gasteiger partial charge is 0.222 e. The minimum atomic E-state index is 0.227. The number of aryl methyl sites for hydroxylation is 1. The molecule has 1 aromatic rings. The Balaban J connectivity index is 1.48. The quantitative estimate of drug-likeness (QED) is 0.934. The van der Waals surface area contributed by atoms with Crippen LogP contribution in [0.5, 0.6) is 5.75 Å². The average molecular weight is 303 g/mol. The summed E-state index contributed by atoms with van der Waals surface area (Å²) >= 11 is 0. The van der Waals surface area contributed by atoms with Crippen molar-refractivity contribution < 1.29 is 14.6 Å². The second-order valence-electron chi connectivity index (χ2n) is 6.88. The highest BCUT2D eigenvalue weighted by atomic mass is 16.5. The van der Waals surface area contributed by atoms with Crippen LogP contribution in [-0.4, -0.2) is 41.7 Å². The molecule has 2 aliphatic rings. The molecule has 2 fully saturated rings. The molecule has 2 heterocycles. The Hall–Kier alpha value is -1.55. The summed E-state index contributed by atoms with van der Waals surface area (Å²) in [5.41, 5.74) is 1.33. The summed E-state index contributed by atoms with van der Waals surface area (Å²) in [5, 5.41) is 9.46. The topological polar surface area (TPSA) is 49.8 Å². The van der Waals surface area contributed by atoms with Crippen molar-refractivity contribution in [2.45, 2.75) is 45.1 Å². The standard InChI is InChI=1S/C18H25NO3/c1-14-12-18(13-22-14)7-9-19(10-8-18)17(21)6-5-15-3-2-4-16(20)11-15/h2-4,11,14,20H,5-10,12-13H2,1H3. The summed E-state index contributed by atoms with van der Waals surface area (Å²) in [6.45, 7) is 4.71. The molecule has 2 saturated heterocycles. The SMILES string of the molecule is CC1CC2(CCN(C(=O)CCc3cccc(O)c3)CC2)CO1. The van der Waals surface area contributed by atoms with Crippen molar-refractivity contribution >= 4 is 5.91 Å². The fourth-order valence-corrected chi connectivity index (χ4v) is 3.75. The van der Waals surface area contributed by atoms with Crippen LogP contribution in [-0.2, 0) is 16.0 Å². The van der Waals surface area contributed by atoms with Crippen molar-refractivity contribution in [1.29, 1.82) is 0 Å². The highest BCUT2D eigenvalue weighted by molar-refractivity contribution is 5.76. The first-order valence-electron chi connectivity index (χ1n) is 8.24. The molecule has 0 aromatic heterocycles. The number of phenols is 1. The van der Waals surface area contributed by atoms with Crippen molar-refractivity contribution in [2.24, 2.45) is 5.41 Å². The number of piperidine rings is 1. The maximum absolute atomic E-state index is 12.4. The molecule has 0 saturated carbocycles. The van der Waals surface area contributed by atoms with Crippen LogP contribution in [0.15, 0.2) is 24.3 Å². The lowest BCUT2D eigenvalue weighted by Crippen LogP contribution is -2.43. The van der Waals surface area contributed by atoms with E-state index in [0.29, 0.717) is 24.4 Å². The van der Waals surface area contributed by atoms with E-state index in [9.17, 15) is 9.90 Å². The summed E-state index contributed by atoms with van der Waals surface area (Å²) in [7, 11) is 0. The van der Waals surface area contributed by atoms with Gasteiger partial charge in [-0.05, 0) is 55.7 Å². The zero-order valence-electron chi connectivity index (χ0n) is 13.3. The molecule has 1 atom stereocenters. The van der Waals surface area contributed by atoms with Gasteiger partial charge in [-0.3, -0.25) is 4.79 Å². The maximum Gasteiger partial charge on any atom is 0.222 e. The number of hydrogen-bond acceptors (Lipinski definition) is 3. The van der Waals surface area contributed by atoms with E-state index in [-0.39, 0.29) is 11.7 Å². The zero-order valence-corrected chi connectivity index (χ0v) is 13.3. The third kappa shape index (κ3) is 3.43. The van der Waals surface area contributed by atoms with Gasteiger partial charge in [0.05, 0.1) is 12.7 Å².